The molecule has 0 aromatic heterocycles. The molecular weight excluding hydrogens is 232 g/mol. The van der Waals surface area contributed by atoms with Gasteiger partial charge in [0.25, 0.3) is 0 Å². The first kappa shape index (κ1) is 14.2. The van der Waals surface area contributed by atoms with Crippen LogP contribution in [0.3, 0.4) is 0 Å². The molecule has 4 nitrogen and oxygen atoms in total. The molecule has 96 valence electrons. The van der Waals surface area contributed by atoms with E-state index in [-0.39, 0.29) is 5.57 Å². The molecule has 0 heterocycles. The number of aliphatic hydroxyl groups is 1. The van der Waals surface area contributed by atoms with E-state index in [1.165, 1.54) is 20.8 Å². The van der Waals surface area contributed by atoms with Gasteiger partial charge in [0.1, 0.15) is 11.5 Å². The smallest absolute Gasteiger partial charge is 0.312 e. The van der Waals surface area contributed by atoms with Gasteiger partial charge in [-0.3, -0.25) is 4.79 Å². The zero-order valence-electron chi connectivity index (χ0n) is 10.6. The first-order valence-electron chi connectivity index (χ1n) is 5.52. The average Bonchev–Trinajstić information content (AvgIpc) is 2.37. The Hall–Kier alpha value is -1.90. The van der Waals surface area contributed by atoms with Gasteiger partial charge in [0.15, 0.2) is 0 Å². The van der Waals surface area contributed by atoms with Crippen LogP contribution < -0.4 is 0 Å². The fraction of sp³-hybridized carbons (Fsp3) is 0.357. The summed E-state index contributed by atoms with van der Waals surface area (Å²) >= 11 is 0. The topological polar surface area (TPSA) is 74.6 Å². The Kier molecular flexibility index (Phi) is 3.75. The van der Waals surface area contributed by atoms with E-state index in [0.29, 0.717) is 5.56 Å². The maximum Gasteiger partial charge on any atom is 0.312 e. The summed E-state index contributed by atoms with van der Waals surface area (Å²) in [4.78, 5) is 22.2. The minimum absolute atomic E-state index is 0.0545. The number of benzene rings is 1. The van der Waals surface area contributed by atoms with E-state index in [4.69, 9.17) is 0 Å². The SMILES string of the molecule is CC(=C=O)C(O)(c1ccccc1)C(C)(C)C(=O)O. The van der Waals surface area contributed by atoms with Gasteiger partial charge in [-0.25, -0.2) is 4.79 Å². The van der Waals surface area contributed by atoms with Crippen molar-refractivity contribution in [3.05, 3.63) is 41.5 Å². The van der Waals surface area contributed by atoms with Crippen LogP contribution in [0, 0.1) is 5.41 Å². The zero-order chi connectivity index (χ0) is 14.0. The van der Waals surface area contributed by atoms with Gasteiger partial charge in [-0.1, -0.05) is 30.3 Å². The molecule has 0 saturated heterocycles. The molecule has 0 radical (unpaired) electrons. The van der Waals surface area contributed by atoms with Crippen LogP contribution in [0.5, 0.6) is 0 Å². The van der Waals surface area contributed by atoms with E-state index in [1.54, 1.807) is 36.3 Å². The van der Waals surface area contributed by atoms with Crippen molar-refractivity contribution in [3.8, 4) is 0 Å². The highest BCUT2D eigenvalue weighted by Crippen LogP contribution is 2.44. The Labute approximate surface area is 106 Å². The third-order valence-electron chi connectivity index (χ3n) is 3.33. The maximum absolute atomic E-state index is 11.4. The van der Waals surface area contributed by atoms with Crippen LogP contribution in [0.15, 0.2) is 35.9 Å². The largest absolute Gasteiger partial charge is 0.481 e. The minimum Gasteiger partial charge on any atom is -0.481 e. The standard InChI is InChI=1S/C14H16O4/c1-10(9-15)14(18,13(2,3)12(16)17)11-7-5-4-6-8-11/h4-8,18H,1-3H3,(H,16,17). The van der Waals surface area contributed by atoms with Crippen LogP contribution in [0.1, 0.15) is 26.3 Å². The molecule has 0 aliphatic carbocycles. The molecule has 0 spiro atoms. The van der Waals surface area contributed by atoms with Crippen molar-refractivity contribution >= 4 is 11.9 Å². The lowest BCUT2D eigenvalue weighted by atomic mass is 9.67. The first-order chi connectivity index (χ1) is 8.28. The van der Waals surface area contributed by atoms with Gasteiger partial charge < -0.3 is 10.2 Å². The lowest BCUT2D eigenvalue weighted by Gasteiger charge is -2.39. The van der Waals surface area contributed by atoms with Crippen LogP contribution in [-0.4, -0.2) is 22.1 Å². The molecule has 0 amide bonds. The first-order valence-corrected chi connectivity index (χ1v) is 5.52. The Morgan fingerprint density at radius 2 is 1.72 bits per heavy atom. The summed E-state index contributed by atoms with van der Waals surface area (Å²) in [7, 11) is 0. The van der Waals surface area contributed by atoms with E-state index in [1.807, 2.05) is 0 Å². The predicted octanol–water partition coefficient (Wildman–Crippen LogP) is 1.76. The Morgan fingerprint density at radius 1 is 1.22 bits per heavy atom. The van der Waals surface area contributed by atoms with E-state index in [0.717, 1.165) is 0 Å². The lowest BCUT2D eigenvalue weighted by Crippen LogP contribution is -2.48. The van der Waals surface area contributed by atoms with Crippen LogP contribution in [-0.2, 0) is 15.2 Å². The van der Waals surface area contributed by atoms with E-state index < -0.39 is 17.0 Å². The van der Waals surface area contributed by atoms with E-state index in [9.17, 15) is 19.8 Å². The van der Waals surface area contributed by atoms with Gasteiger partial charge in [0.05, 0.1) is 5.41 Å². The third kappa shape index (κ3) is 1.96. The number of carboxylic acid groups (broad SMARTS) is 1. The summed E-state index contributed by atoms with van der Waals surface area (Å²) < 4.78 is 0. The molecule has 0 saturated carbocycles. The van der Waals surface area contributed by atoms with Gasteiger partial charge >= 0.3 is 5.97 Å². The molecule has 0 aliphatic heterocycles. The Bertz CT molecular complexity index is 498. The van der Waals surface area contributed by atoms with Crippen molar-refractivity contribution in [1.29, 1.82) is 0 Å². The molecule has 1 aromatic rings. The number of rotatable bonds is 4. The fourth-order valence-corrected chi connectivity index (χ4v) is 1.95. The van der Waals surface area contributed by atoms with Crippen molar-refractivity contribution in [1.82, 2.24) is 0 Å². The molecule has 1 aromatic carbocycles. The summed E-state index contributed by atoms with van der Waals surface area (Å²) in [5, 5.41) is 20.0. The summed E-state index contributed by atoms with van der Waals surface area (Å²) in [5.74, 6) is 0.427. The van der Waals surface area contributed by atoms with E-state index in [2.05, 4.69) is 0 Å². The minimum atomic E-state index is -1.89. The average molecular weight is 248 g/mol. The summed E-state index contributed by atoms with van der Waals surface area (Å²) in [6, 6.07) is 8.28. The highest BCUT2D eigenvalue weighted by atomic mass is 16.4. The van der Waals surface area contributed by atoms with Gasteiger partial charge in [0.2, 0.25) is 0 Å². The van der Waals surface area contributed by atoms with Crippen molar-refractivity contribution in [2.45, 2.75) is 26.4 Å². The van der Waals surface area contributed by atoms with Crippen molar-refractivity contribution in [2.75, 3.05) is 0 Å². The second-order valence-electron chi connectivity index (χ2n) is 4.73. The molecule has 0 fully saturated rings. The quantitative estimate of drug-likeness (QED) is 0.796. The van der Waals surface area contributed by atoms with Gasteiger partial charge in [-0.15, -0.1) is 0 Å². The van der Waals surface area contributed by atoms with Crippen LogP contribution in [0.2, 0.25) is 0 Å². The predicted molar refractivity (Wildman–Crippen MR) is 66.6 cm³/mol. The highest BCUT2D eigenvalue weighted by Gasteiger charge is 2.52. The lowest BCUT2D eigenvalue weighted by molar-refractivity contribution is -0.161. The molecular formula is C14H16O4. The Balaban J connectivity index is 3.57. The van der Waals surface area contributed by atoms with Crippen molar-refractivity contribution in [3.63, 3.8) is 0 Å². The zero-order valence-corrected chi connectivity index (χ0v) is 10.6. The molecule has 1 rings (SSSR count). The number of hydrogen-bond acceptors (Lipinski definition) is 3. The molecule has 0 bridgehead atoms. The van der Waals surface area contributed by atoms with Crippen LogP contribution in [0.25, 0.3) is 0 Å². The highest BCUT2D eigenvalue weighted by molar-refractivity contribution is 5.78. The third-order valence-corrected chi connectivity index (χ3v) is 3.33. The van der Waals surface area contributed by atoms with Crippen LogP contribution in [0.4, 0.5) is 0 Å². The summed E-state index contributed by atoms with van der Waals surface area (Å²) in [6.45, 7) is 4.14. The van der Waals surface area contributed by atoms with Crippen molar-refractivity contribution in [2.24, 2.45) is 5.41 Å². The molecule has 4 heteroatoms. The molecule has 2 N–H and O–H groups in total. The molecule has 0 aliphatic rings. The normalized spacial score (nSPS) is 14.4. The second kappa shape index (κ2) is 4.77. The number of carboxylic acids is 1. The number of aliphatic carboxylic acids is 1. The van der Waals surface area contributed by atoms with Gasteiger partial charge in [0, 0.05) is 5.57 Å². The molecule has 18 heavy (non-hydrogen) atoms. The number of carbonyl (C=O) groups excluding carboxylic acids is 1. The van der Waals surface area contributed by atoms with Crippen LogP contribution >= 0.6 is 0 Å². The number of hydrogen-bond donors (Lipinski definition) is 2. The number of carbonyl (C=O) groups is 1. The van der Waals surface area contributed by atoms with Gasteiger partial charge in [-0.05, 0) is 26.3 Å². The Morgan fingerprint density at radius 3 is 2.11 bits per heavy atom. The molecule has 1 atom stereocenters. The second-order valence-corrected chi connectivity index (χ2v) is 4.73. The molecule has 1 unspecified atom stereocenters. The van der Waals surface area contributed by atoms with E-state index >= 15 is 0 Å². The van der Waals surface area contributed by atoms with Crippen molar-refractivity contribution < 1.29 is 19.8 Å². The monoisotopic (exact) mass is 248 g/mol. The maximum atomic E-state index is 11.4. The summed E-state index contributed by atoms with van der Waals surface area (Å²) in [5.41, 5.74) is -3.13. The fourth-order valence-electron chi connectivity index (χ4n) is 1.95. The summed E-state index contributed by atoms with van der Waals surface area (Å²) in [6.07, 6.45) is 0. The van der Waals surface area contributed by atoms with Gasteiger partial charge in [-0.2, -0.15) is 0 Å².